The molecule has 1 aliphatic carbocycles. The number of aryl methyl sites for hydroxylation is 1. The number of aromatic nitrogens is 1. The van der Waals surface area contributed by atoms with Gasteiger partial charge in [0, 0.05) is 17.5 Å². The van der Waals surface area contributed by atoms with Crippen LogP contribution in [0.4, 0.5) is 4.39 Å². The molecule has 0 saturated carbocycles. The van der Waals surface area contributed by atoms with Crippen LogP contribution in [0.15, 0.2) is 18.2 Å². The monoisotopic (exact) mass is 245 g/mol. The van der Waals surface area contributed by atoms with Gasteiger partial charge in [0.1, 0.15) is 11.9 Å². The fourth-order valence-corrected chi connectivity index (χ4v) is 3.22. The van der Waals surface area contributed by atoms with Crippen LogP contribution in [0, 0.1) is 5.82 Å². The van der Waals surface area contributed by atoms with Crippen molar-refractivity contribution >= 4 is 16.9 Å². The maximum absolute atomic E-state index is 13.8. The number of benzene rings is 1. The van der Waals surface area contributed by atoms with E-state index in [0.717, 1.165) is 35.9 Å². The van der Waals surface area contributed by atoms with Crippen molar-refractivity contribution in [1.29, 1.82) is 0 Å². The highest BCUT2D eigenvalue weighted by atomic mass is 19.1. The molecule has 0 unspecified atom stereocenters. The number of H-pyrrole nitrogens is 1. The average Bonchev–Trinajstić information content (AvgIpc) is 2.82. The van der Waals surface area contributed by atoms with Crippen molar-refractivity contribution in [2.75, 3.05) is 0 Å². The molecule has 2 aromatic rings. The summed E-state index contributed by atoms with van der Waals surface area (Å²) in [5.41, 5.74) is 2.47. The molecule has 1 saturated heterocycles. The third-order valence-corrected chi connectivity index (χ3v) is 4.04. The zero-order valence-corrected chi connectivity index (χ0v) is 9.70. The molecule has 1 aliphatic heterocycles. The lowest BCUT2D eigenvalue weighted by Crippen LogP contribution is -2.11. The summed E-state index contributed by atoms with van der Waals surface area (Å²) in [6.45, 7) is 0. The minimum absolute atomic E-state index is 0.0342. The third kappa shape index (κ3) is 1.20. The number of halogens is 1. The molecule has 92 valence electrons. The summed E-state index contributed by atoms with van der Waals surface area (Å²) in [5, 5.41) is 0.828. The summed E-state index contributed by atoms with van der Waals surface area (Å²) < 4.78 is 19.1. The second-order valence-electron chi connectivity index (χ2n) is 5.07. The zero-order chi connectivity index (χ0) is 12.3. The average molecular weight is 245 g/mol. The van der Waals surface area contributed by atoms with Crippen LogP contribution in [0.2, 0.25) is 0 Å². The standard InChI is InChI=1S/C14H12FNO2/c15-10-3-1-2-8-12-9-6-7(18-14(9)17)4-5-11(12)16-13(8)10/h1-3,7,9,16H,4-6H2/t7-,9-/m1/s1. The van der Waals surface area contributed by atoms with E-state index in [-0.39, 0.29) is 23.8 Å². The largest absolute Gasteiger partial charge is 0.462 e. The second-order valence-corrected chi connectivity index (χ2v) is 5.07. The Morgan fingerprint density at radius 3 is 3.17 bits per heavy atom. The van der Waals surface area contributed by atoms with Gasteiger partial charge in [-0.15, -0.1) is 0 Å². The Kier molecular flexibility index (Phi) is 1.88. The Hall–Kier alpha value is -1.84. The molecule has 1 aromatic heterocycles. The van der Waals surface area contributed by atoms with Gasteiger partial charge in [0.15, 0.2) is 0 Å². The van der Waals surface area contributed by atoms with Crippen LogP contribution in [0.5, 0.6) is 0 Å². The number of carbonyl (C=O) groups excluding carboxylic acids is 1. The van der Waals surface area contributed by atoms with E-state index in [0.29, 0.717) is 5.52 Å². The van der Waals surface area contributed by atoms with Gasteiger partial charge >= 0.3 is 5.97 Å². The first-order valence-electron chi connectivity index (χ1n) is 6.23. The summed E-state index contributed by atoms with van der Waals surface area (Å²) in [7, 11) is 0. The molecular weight excluding hydrogens is 233 g/mol. The minimum atomic E-state index is -0.261. The van der Waals surface area contributed by atoms with Crippen LogP contribution in [0.1, 0.15) is 30.0 Å². The van der Waals surface area contributed by atoms with Crippen molar-refractivity contribution in [1.82, 2.24) is 4.98 Å². The van der Waals surface area contributed by atoms with E-state index in [1.807, 2.05) is 6.07 Å². The van der Waals surface area contributed by atoms with Crippen molar-refractivity contribution in [2.45, 2.75) is 31.3 Å². The molecule has 4 rings (SSSR count). The van der Waals surface area contributed by atoms with Crippen molar-refractivity contribution in [3.05, 3.63) is 35.3 Å². The van der Waals surface area contributed by atoms with E-state index in [1.165, 1.54) is 6.07 Å². The Morgan fingerprint density at radius 1 is 1.39 bits per heavy atom. The molecule has 3 nitrogen and oxygen atoms in total. The van der Waals surface area contributed by atoms with E-state index < -0.39 is 0 Å². The highest BCUT2D eigenvalue weighted by molar-refractivity contribution is 5.92. The molecule has 2 bridgehead atoms. The number of para-hydroxylation sites is 1. The van der Waals surface area contributed by atoms with Crippen LogP contribution in [-0.2, 0) is 16.0 Å². The SMILES string of the molecule is O=C1O[C@@H]2CCc3[nH]c4c(F)cccc4c3[C@H]1C2. The van der Waals surface area contributed by atoms with Gasteiger partial charge in [-0.3, -0.25) is 4.79 Å². The first kappa shape index (κ1) is 10.1. The molecular formula is C14H12FNO2. The number of carbonyl (C=O) groups is 1. The fraction of sp³-hybridized carbons (Fsp3) is 0.357. The number of hydrogen-bond donors (Lipinski definition) is 1. The van der Waals surface area contributed by atoms with Crippen LogP contribution >= 0.6 is 0 Å². The van der Waals surface area contributed by atoms with Gasteiger partial charge in [-0.2, -0.15) is 0 Å². The van der Waals surface area contributed by atoms with Gasteiger partial charge in [-0.1, -0.05) is 12.1 Å². The Bertz CT molecular complexity index is 661. The van der Waals surface area contributed by atoms with E-state index >= 15 is 0 Å². The summed E-state index contributed by atoms with van der Waals surface area (Å²) in [6, 6.07) is 5.00. The van der Waals surface area contributed by atoms with Gasteiger partial charge in [-0.25, -0.2) is 4.39 Å². The maximum Gasteiger partial charge on any atom is 0.313 e. The molecule has 2 heterocycles. The summed E-state index contributed by atoms with van der Waals surface area (Å²) in [5.74, 6) is -0.641. The first-order valence-corrected chi connectivity index (χ1v) is 6.23. The van der Waals surface area contributed by atoms with Gasteiger partial charge in [0.2, 0.25) is 0 Å². The van der Waals surface area contributed by atoms with Crippen LogP contribution in [0.25, 0.3) is 10.9 Å². The minimum Gasteiger partial charge on any atom is -0.462 e. The van der Waals surface area contributed by atoms with Crippen molar-refractivity contribution in [3.8, 4) is 0 Å². The fourth-order valence-electron chi connectivity index (χ4n) is 3.22. The number of esters is 1. The lowest BCUT2D eigenvalue weighted by atomic mass is 9.95. The van der Waals surface area contributed by atoms with Crippen LogP contribution < -0.4 is 0 Å². The second kappa shape index (κ2) is 3.34. The van der Waals surface area contributed by atoms with Gasteiger partial charge in [0.05, 0.1) is 11.4 Å². The smallest absolute Gasteiger partial charge is 0.313 e. The van der Waals surface area contributed by atoms with Gasteiger partial charge < -0.3 is 9.72 Å². The molecule has 1 fully saturated rings. The Labute approximate surface area is 103 Å². The summed E-state index contributed by atoms with van der Waals surface area (Å²) in [4.78, 5) is 15.0. The summed E-state index contributed by atoms with van der Waals surface area (Å²) in [6.07, 6.45) is 2.41. The van der Waals surface area contributed by atoms with Crippen molar-refractivity contribution in [3.63, 3.8) is 0 Å². The van der Waals surface area contributed by atoms with E-state index in [9.17, 15) is 9.18 Å². The Balaban J connectivity index is 2.03. The molecule has 0 amide bonds. The predicted molar refractivity (Wildman–Crippen MR) is 63.8 cm³/mol. The van der Waals surface area contributed by atoms with Gasteiger partial charge in [0.25, 0.3) is 0 Å². The third-order valence-electron chi connectivity index (χ3n) is 4.04. The van der Waals surface area contributed by atoms with Crippen molar-refractivity contribution in [2.24, 2.45) is 0 Å². The Morgan fingerprint density at radius 2 is 2.28 bits per heavy atom. The van der Waals surface area contributed by atoms with Crippen LogP contribution in [-0.4, -0.2) is 17.1 Å². The first-order chi connectivity index (χ1) is 8.74. The van der Waals surface area contributed by atoms with Crippen molar-refractivity contribution < 1.29 is 13.9 Å². The molecule has 2 aliphatic rings. The number of nitrogens with one attached hydrogen (secondary N) is 1. The quantitative estimate of drug-likeness (QED) is 0.725. The predicted octanol–water partition coefficient (Wildman–Crippen LogP) is 2.65. The number of aromatic amines is 1. The summed E-state index contributed by atoms with van der Waals surface area (Å²) >= 11 is 0. The number of ether oxygens (including phenoxy) is 1. The topological polar surface area (TPSA) is 42.1 Å². The maximum atomic E-state index is 13.8. The van der Waals surface area contributed by atoms with Gasteiger partial charge in [-0.05, 0) is 24.5 Å². The lowest BCUT2D eigenvalue weighted by molar-refractivity contribution is -0.142. The highest BCUT2D eigenvalue weighted by Gasteiger charge is 2.40. The number of hydrogen-bond acceptors (Lipinski definition) is 2. The number of rotatable bonds is 0. The zero-order valence-electron chi connectivity index (χ0n) is 9.70. The molecule has 0 spiro atoms. The molecule has 2 atom stereocenters. The van der Waals surface area contributed by atoms with Crippen LogP contribution in [0.3, 0.4) is 0 Å². The van der Waals surface area contributed by atoms with E-state index in [1.54, 1.807) is 6.07 Å². The lowest BCUT2D eigenvalue weighted by Gasteiger charge is -2.09. The molecule has 1 N–H and O–H groups in total. The van der Waals surface area contributed by atoms with E-state index in [4.69, 9.17) is 4.74 Å². The molecule has 0 radical (unpaired) electrons. The normalized spacial score (nSPS) is 25.9. The number of fused-ring (bicyclic) bond motifs is 6. The molecule has 1 aromatic carbocycles. The molecule has 18 heavy (non-hydrogen) atoms. The van der Waals surface area contributed by atoms with E-state index in [2.05, 4.69) is 4.98 Å². The molecule has 4 heteroatoms. The highest BCUT2D eigenvalue weighted by Crippen LogP contribution is 2.42.